The summed E-state index contributed by atoms with van der Waals surface area (Å²) in [5.74, 6) is 0.253. The molecule has 0 N–H and O–H groups in total. The molecule has 2 aromatic rings. The van der Waals surface area contributed by atoms with E-state index in [1.54, 1.807) is 6.26 Å². The third kappa shape index (κ3) is 2.11. The number of aryl methyl sites for hydroxylation is 1. The summed E-state index contributed by atoms with van der Waals surface area (Å²) in [7, 11) is 0. The molecule has 0 amide bonds. The number of rotatable bonds is 1. The largest absolute Gasteiger partial charge is 0.470 e. The van der Waals surface area contributed by atoms with E-state index in [2.05, 4.69) is 47.1 Å². The number of fused-ring (bicyclic) bond motifs is 2. The Kier molecular flexibility index (Phi) is 3.11. The molecule has 0 saturated carbocycles. The molecule has 2 nitrogen and oxygen atoms in total. The van der Waals surface area contributed by atoms with Crippen LogP contribution in [0.5, 0.6) is 0 Å². The number of aliphatic imine (C=N–C) groups is 1. The van der Waals surface area contributed by atoms with E-state index in [0.717, 1.165) is 23.0 Å². The molecule has 2 aliphatic rings. The molecular formula is C18H16BrNO. The number of hydrogen-bond donors (Lipinski definition) is 0. The standard InChI is InChI=1S/C18H16BrNO/c1-11-6-7-12(8-15(11)19)18-13-4-2-3-5-16(13)20-17-10-21-9-14(17)18/h4,6-10,18H,2-3,5H2,1H3/t18-/m1/s1. The van der Waals surface area contributed by atoms with Crippen LogP contribution in [0.2, 0.25) is 0 Å². The Morgan fingerprint density at radius 1 is 1.29 bits per heavy atom. The van der Waals surface area contributed by atoms with Gasteiger partial charge in [-0.05, 0) is 49.0 Å². The van der Waals surface area contributed by atoms with Crippen LogP contribution in [0.1, 0.15) is 41.9 Å². The zero-order chi connectivity index (χ0) is 14.4. The molecule has 0 fully saturated rings. The van der Waals surface area contributed by atoms with Gasteiger partial charge in [-0.15, -0.1) is 0 Å². The van der Waals surface area contributed by atoms with E-state index in [1.165, 1.54) is 34.4 Å². The number of nitrogens with zero attached hydrogens (tertiary/aromatic N) is 1. The van der Waals surface area contributed by atoms with Gasteiger partial charge in [0.1, 0.15) is 12.0 Å². The van der Waals surface area contributed by atoms with Gasteiger partial charge in [0.05, 0.1) is 6.26 Å². The summed E-state index contributed by atoms with van der Waals surface area (Å²) in [5.41, 5.74) is 7.33. The second-order valence-electron chi connectivity index (χ2n) is 5.76. The fourth-order valence-corrected chi connectivity index (χ4v) is 3.66. The summed E-state index contributed by atoms with van der Waals surface area (Å²) in [6.45, 7) is 2.12. The van der Waals surface area contributed by atoms with Crippen molar-refractivity contribution in [3.63, 3.8) is 0 Å². The lowest BCUT2D eigenvalue weighted by atomic mass is 9.78. The Hall–Kier alpha value is -1.61. The van der Waals surface area contributed by atoms with Crippen LogP contribution in [0, 0.1) is 6.92 Å². The van der Waals surface area contributed by atoms with E-state index in [9.17, 15) is 0 Å². The third-order valence-electron chi connectivity index (χ3n) is 4.39. The predicted molar refractivity (Wildman–Crippen MR) is 88.5 cm³/mol. The Morgan fingerprint density at radius 3 is 3.05 bits per heavy atom. The van der Waals surface area contributed by atoms with Crippen LogP contribution in [-0.4, -0.2) is 5.71 Å². The van der Waals surface area contributed by atoms with Crippen LogP contribution in [0.25, 0.3) is 0 Å². The van der Waals surface area contributed by atoms with E-state index in [0.29, 0.717) is 0 Å². The lowest BCUT2D eigenvalue weighted by Gasteiger charge is -2.28. The fraction of sp³-hybridized carbons (Fsp3) is 0.278. The fourth-order valence-electron chi connectivity index (χ4n) is 3.26. The zero-order valence-corrected chi connectivity index (χ0v) is 13.5. The summed E-state index contributed by atoms with van der Waals surface area (Å²) < 4.78 is 6.59. The normalized spacial score (nSPS) is 20.4. The van der Waals surface area contributed by atoms with Crippen molar-refractivity contribution in [3.8, 4) is 0 Å². The highest BCUT2D eigenvalue weighted by Gasteiger charge is 2.31. The summed E-state index contributed by atoms with van der Waals surface area (Å²) in [6, 6.07) is 6.63. The van der Waals surface area contributed by atoms with Gasteiger partial charge in [-0.25, -0.2) is 4.99 Å². The van der Waals surface area contributed by atoms with Crippen molar-refractivity contribution in [1.29, 1.82) is 0 Å². The van der Waals surface area contributed by atoms with Crippen LogP contribution in [-0.2, 0) is 0 Å². The topological polar surface area (TPSA) is 25.5 Å². The lowest BCUT2D eigenvalue weighted by Crippen LogP contribution is -2.19. The Labute approximate surface area is 132 Å². The van der Waals surface area contributed by atoms with Gasteiger partial charge in [-0.3, -0.25) is 0 Å². The summed E-state index contributed by atoms with van der Waals surface area (Å²) in [6.07, 6.45) is 9.38. The Morgan fingerprint density at radius 2 is 2.19 bits per heavy atom. The average Bonchev–Trinajstić information content (AvgIpc) is 2.95. The first kappa shape index (κ1) is 13.1. The van der Waals surface area contributed by atoms with Gasteiger partial charge in [0.15, 0.2) is 0 Å². The second kappa shape index (κ2) is 4.99. The maximum Gasteiger partial charge on any atom is 0.116 e. The Bertz CT molecular complexity index is 769. The highest BCUT2D eigenvalue weighted by Crippen LogP contribution is 2.45. The van der Waals surface area contributed by atoms with Crippen LogP contribution in [0.4, 0.5) is 5.69 Å². The molecule has 1 atom stereocenters. The van der Waals surface area contributed by atoms with Crippen molar-refractivity contribution in [2.75, 3.05) is 0 Å². The van der Waals surface area contributed by atoms with Crippen LogP contribution >= 0.6 is 15.9 Å². The highest BCUT2D eigenvalue weighted by atomic mass is 79.9. The van der Waals surface area contributed by atoms with Crippen LogP contribution in [0.15, 0.2) is 56.3 Å². The van der Waals surface area contributed by atoms with Gasteiger partial charge in [0.25, 0.3) is 0 Å². The first-order valence-corrected chi connectivity index (χ1v) is 8.13. The molecule has 0 saturated heterocycles. The van der Waals surface area contributed by atoms with Crippen LogP contribution in [0.3, 0.4) is 0 Å². The molecule has 1 aliphatic carbocycles. The summed E-state index contributed by atoms with van der Waals surface area (Å²) >= 11 is 3.66. The molecule has 3 heteroatoms. The lowest BCUT2D eigenvalue weighted by molar-refractivity contribution is 0.564. The van der Waals surface area contributed by atoms with E-state index in [-0.39, 0.29) is 5.92 Å². The molecule has 2 heterocycles. The molecule has 106 valence electrons. The highest BCUT2D eigenvalue weighted by molar-refractivity contribution is 9.10. The third-order valence-corrected chi connectivity index (χ3v) is 5.25. The minimum absolute atomic E-state index is 0.253. The van der Waals surface area contributed by atoms with Gasteiger partial charge in [0, 0.05) is 21.7 Å². The molecule has 0 bridgehead atoms. The number of furan rings is 1. The smallest absolute Gasteiger partial charge is 0.116 e. The maximum atomic E-state index is 5.43. The van der Waals surface area contributed by atoms with Crippen molar-refractivity contribution in [2.24, 2.45) is 4.99 Å². The second-order valence-corrected chi connectivity index (χ2v) is 6.62. The number of benzene rings is 1. The molecule has 1 aromatic carbocycles. The van der Waals surface area contributed by atoms with Crippen molar-refractivity contribution in [2.45, 2.75) is 32.1 Å². The zero-order valence-electron chi connectivity index (χ0n) is 11.9. The molecule has 1 aliphatic heterocycles. The van der Waals surface area contributed by atoms with E-state index in [1.807, 2.05) is 6.26 Å². The minimum Gasteiger partial charge on any atom is -0.470 e. The maximum absolute atomic E-state index is 5.43. The van der Waals surface area contributed by atoms with Crippen molar-refractivity contribution in [3.05, 3.63) is 63.5 Å². The first-order chi connectivity index (χ1) is 10.2. The van der Waals surface area contributed by atoms with Gasteiger partial charge in [0.2, 0.25) is 0 Å². The SMILES string of the molecule is Cc1ccc([C@@H]2C3=CCCCC3=Nc3cocc32)cc1Br. The summed E-state index contributed by atoms with van der Waals surface area (Å²) in [5, 5.41) is 0. The average molecular weight is 342 g/mol. The van der Waals surface area contributed by atoms with E-state index in [4.69, 9.17) is 9.41 Å². The molecule has 1 aromatic heterocycles. The van der Waals surface area contributed by atoms with Gasteiger partial charge < -0.3 is 4.42 Å². The molecule has 0 radical (unpaired) electrons. The van der Waals surface area contributed by atoms with E-state index < -0.39 is 0 Å². The molecule has 4 rings (SSSR count). The van der Waals surface area contributed by atoms with E-state index >= 15 is 0 Å². The molecule has 21 heavy (non-hydrogen) atoms. The van der Waals surface area contributed by atoms with Gasteiger partial charge in [-0.2, -0.15) is 0 Å². The number of halogens is 1. The van der Waals surface area contributed by atoms with Crippen molar-refractivity contribution in [1.82, 2.24) is 0 Å². The van der Waals surface area contributed by atoms with Crippen LogP contribution < -0.4 is 0 Å². The van der Waals surface area contributed by atoms with Gasteiger partial charge >= 0.3 is 0 Å². The van der Waals surface area contributed by atoms with Gasteiger partial charge in [-0.1, -0.05) is 34.1 Å². The quantitative estimate of drug-likeness (QED) is 0.655. The first-order valence-electron chi connectivity index (χ1n) is 7.34. The monoisotopic (exact) mass is 341 g/mol. The molecular weight excluding hydrogens is 326 g/mol. The Balaban J connectivity index is 1.91. The van der Waals surface area contributed by atoms with Crippen molar-refractivity contribution >= 4 is 27.3 Å². The predicted octanol–water partition coefficient (Wildman–Crippen LogP) is 5.68. The molecule has 0 spiro atoms. The van der Waals surface area contributed by atoms with Crippen molar-refractivity contribution < 1.29 is 4.42 Å². The number of hydrogen-bond acceptors (Lipinski definition) is 2. The number of allylic oxidation sites excluding steroid dienone is 2. The summed E-state index contributed by atoms with van der Waals surface area (Å²) in [4.78, 5) is 4.79. The molecule has 0 unspecified atom stereocenters. The minimum atomic E-state index is 0.253.